The number of non-ortho nitro benzene ring substituents is 1. The molecule has 0 unspecified atom stereocenters. The van der Waals surface area contributed by atoms with Gasteiger partial charge in [-0.3, -0.25) is 14.9 Å². The second kappa shape index (κ2) is 10.1. The van der Waals surface area contributed by atoms with E-state index < -0.39 is 10.8 Å². The zero-order valence-electron chi connectivity index (χ0n) is 17.9. The van der Waals surface area contributed by atoms with Gasteiger partial charge in [0.15, 0.2) is 0 Å². The Hall–Kier alpha value is -4.28. The van der Waals surface area contributed by atoms with Crippen LogP contribution in [0.5, 0.6) is 0 Å². The number of rotatable bonds is 6. The van der Waals surface area contributed by atoms with E-state index in [1.807, 2.05) is 66.7 Å². The highest BCUT2D eigenvalue weighted by atomic mass is 79.9. The minimum Gasteiger partial charge on any atom is -0.321 e. The van der Waals surface area contributed by atoms with Crippen molar-refractivity contribution in [1.29, 1.82) is 5.26 Å². The first-order chi connectivity index (χ1) is 16.5. The third-order valence-electron chi connectivity index (χ3n) is 5.37. The van der Waals surface area contributed by atoms with E-state index >= 15 is 0 Å². The number of hydrogen-bond donors (Lipinski definition) is 1. The molecular weight excluding hydrogens is 494 g/mol. The highest BCUT2D eigenvalue weighted by Crippen LogP contribution is 2.29. The van der Waals surface area contributed by atoms with Crippen molar-refractivity contribution in [3.05, 3.63) is 122 Å². The van der Waals surface area contributed by atoms with E-state index in [2.05, 4.69) is 21.2 Å². The molecule has 0 radical (unpaired) electrons. The highest BCUT2D eigenvalue weighted by molar-refractivity contribution is 9.10. The van der Waals surface area contributed by atoms with Crippen molar-refractivity contribution < 1.29 is 9.72 Å². The predicted molar refractivity (Wildman–Crippen MR) is 136 cm³/mol. The van der Waals surface area contributed by atoms with E-state index in [-0.39, 0.29) is 16.9 Å². The maximum atomic E-state index is 12.9. The number of anilines is 1. The summed E-state index contributed by atoms with van der Waals surface area (Å²) in [6, 6.07) is 27.3. The number of carbonyl (C=O) groups excluding carboxylic acids is 1. The summed E-state index contributed by atoms with van der Waals surface area (Å²) in [6.07, 6.45) is 2.19. The molecule has 0 saturated carbocycles. The molecule has 166 valence electrons. The predicted octanol–water partition coefficient (Wildman–Crippen LogP) is 6.65. The van der Waals surface area contributed by atoms with Gasteiger partial charge in [-0.25, -0.2) is 0 Å². The summed E-state index contributed by atoms with van der Waals surface area (Å²) in [5.74, 6) is -0.636. The normalized spacial score (nSPS) is 11.1. The van der Waals surface area contributed by atoms with E-state index in [1.54, 1.807) is 6.08 Å². The number of benzene rings is 4. The lowest BCUT2D eigenvalue weighted by Crippen LogP contribution is -2.13. The second-order valence-electron chi connectivity index (χ2n) is 7.56. The Labute approximate surface area is 204 Å². The van der Waals surface area contributed by atoms with Crippen molar-refractivity contribution in [3.63, 3.8) is 0 Å². The topological polar surface area (TPSA) is 96.0 Å². The molecule has 0 aromatic heterocycles. The Morgan fingerprint density at radius 3 is 2.53 bits per heavy atom. The number of nitro groups is 1. The molecule has 4 aromatic rings. The molecule has 0 bridgehead atoms. The van der Waals surface area contributed by atoms with E-state index in [4.69, 9.17) is 0 Å². The first-order valence-electron chi connectivity index (χ1n) is 10.4. The summed E-state index contributed by atoms with van der Waals surface area (Å²) in [6.45, 7) is 0. The molecule has 7 heteroatoms. The van der Waals surface area contributed by atoms with Crippen molar-refractivity contribution in [1.82, 2.24) is 0 Å². The molecule has 0 fully saturated rings. The number of nitro benzene ring substituents is 1. The standard InChI is InChI=1S/C27H18BrN3O3/c28-26-11-4-2-7-20(26)14-19-13-12-18-6-1-3-10-24(18)25(19)15-21(17-29)27(32)30-22-8-5-9-23(16-22)31(33)34/h1-13,15-16H,14H2,(H,30,32)/b21-15+. The van der Waals surface area contributed by atoms with Crippen LogP contribution < -0.4 is 5.32 Å². The molecule has 0 saturated heterocycles. The largest absolute Gasteiger partial charge is 0.321 e. The molecular formula is C27H18BrN3O3. The van der Waals surface area contributed by atoms with Gasteiger partial charge in [0.25, 0.3) is 11.6 Å². The lowest BCUT2D eigenvalue weighted by Gasteiger charge is -2.12. The summed E-state index contributed by atoms with van der Waals surface area (Å²) < 4.78 is 0.974. The maximum absolute atomic E-state index is 12.9. The number of amides is 1. The molecule has 1 N–H and O–H groups in total. The van der Waals surface area contributed by atoms with Crippen molar-refractivity contribution in [2.24, 2.45) is 0 Å². The molecule has 0 heterocycles. The van der Waals surface area contributed by atoms with Crippen molar-refractivity contribution in [2.75, 3.05) is 5.32 Å². The molecule has 4 aromatic carbocycles. The van der Waals surface area contributed by atoms with Crippen molar-refractivity contribution in [3.8, 4) is 6.07 Å². The lowest BCUT2D eigenvalue weighted by atomic mass is 9.93. The third kappa shape index (κ3) is 5.03. The summed E-state index contributed by atoms with van der Waals surface area (Å²) in [4.78, 5) is 23.4. The zero-order valence-corrected chi connectivity index (χ0v) is 19.5. The number of halogens is 1. The monoisotopic (exact) mass is 511 g/mol. The number of nitriles is 1. The minimum absolute atomic E-state index is 0.101. The van der Waals surface area contributed by atoms with Gasteiger partial charge in [0.2, 0.25) is 0 Å². The van der Waals surface area contributed by atoms with E-state index in [0.717, 1.165) is 31.9 Å². The molecule has 0 spiro atoms. The Balaban J connectivity index is 1.76. The minimum atomic E-state index is -0.636. The molecule has 0 aliphatic rings. The van der Waals surface area contributed by atoms with Crippen LogP contribution in [0.2, 0.25) is 0 Å². The fraction of sp³-hybridized carbons (Fsp3) is 0.0370. The van der Waals surface area contributed by atoms with Crippen molar-refractivity contribution >= 4 is 50.1 Å². The highest BCUT2D eigenvalue weighted by Gasteiger charge is 2.15. The Kier molecular flexibility index (Phi) is 6.81. The fourth-order valence-electron chi connectivity index (χ4n) is 3.70. The van der Waals surface area contributed by atoms with Gasteiger partial charge in [-0.05, 0) is 52.1 Å². The zero-order chi connectivity index (χ0) is 24.1. The van der Waals surface area contributed by atoms with Crippen LogP contribution in [0.3, 0.4) is 0 Å². The third-order valence-corrected chi connectivity index (χ3v) is 6.14. The van der Waals surface area contributed by atoms with Crippen LogP contribution in [0.1, 0.15) is 16.7 Å². The van der Waals surface area contributed by atoms with Gasteiger partial charge in [0.05, 0.1) is 4.92 Å². The summed E-state index contributed by atoms with van der Waals surface area (Å²) in [5.41, 5.74) is 2.81. The van der Waals surface area contributed by atoms with E-state index in [9.17, 15) is 20.2 Å². The summed E-state index contributed by atoms with van der Waals surface area (Å²) in [7, 11) is 0. The van der Waals surface area contributed by atoms with Crippen LogP contribution in [-0.2, 0) is 11.2 Å². The molecule has 0 aliphatic carbocycles. The smallest absolute Gasteiger partial charge is 0.271 e. The molecule has 1 amide bonds. The average molecular weight is 512 g/mol. The Bertz CT molecular complexity index is 1490. The second-order valence-corrected chi connectivity index (χ2v) is 8.41. The molecule has 0 aliphatic heterocycles. The molecule has 0 atom stereocenters. The SMILES string of the molecule is N#C/C(=C\c1c(Cc2ccccc2Br)ccc2ccccc12)C(=O)Nc1cccc([N+](=O)[O-])c1. The van der Waals surface area contributed by atoms with Gasteiger partial charge in [0, 0.05) is 22.3 Å². The number of nitrogens with one attached hydrogen (secondary N) is 1. The number of carbonyl (C=O) groups is 1. The van der Waals surface area contributed by atoms with E-state index in [0.29, 0.717) is 6.42 Å². The van der Waals surface area contributed by atoms with E-state index in [1.165, 1.54) is 24.3 Å². The molecule has 4 rings (SSSR count). The van der Waals surface area contributed by atoms with Gasteiger partial charge < -0.3 is 5.32 Å². The Morgan fingerprint density at radius 1 is 1.00 bits per heavy atom. The van der Waals surface area contributed by atoms with Gasteiger partial charge in [-0.1, -0.05) is 76.6 Å². The van der Waals surface area contributed by atoms with Crippen LogP contribution in [0, 0.1) is 21.4 Å². The van der Waals surface area contributed by atoms with Crippen LogP contribution in [0.4, 0.5) is 11.4 Å². The van der Waals surface area contributed by atoms with Crippen LogP contribution in [-0.4, -0.2) is 10.8 Å². The number of hydrogen-bond acceptors (Lipinski definition) is 4. The van der Waals surface area contributed by atoms with Gasteiger partial charge in [-0.15, -0.1) is 0 Å². The van der Waals surface area contributed by atoms with Gasteiger partial charge in [-0.2, -0.15) is 5.26 Å². The first-order valence-corrected chi connectivity index (χ1v) is 11.2. The number of fused-ring (bicyclic) bond motifs is 1. The fourth-order valence-corrected chi connectivity index (χ4v) is 4.13. The van der Waals surface area contributed by atoms with Crippen LogP contribution >= 0.6 is 15.9 Å². The molecule has 34 heavy (non-hydrogen) atoms. The summed E-state index contributed by atoms with van der Waals surface area (Å²) >= 11 is 3.59. The summed E-state index contributed by atoms with van der Waals surface area (Å²) in [5, 5.41) is 25.3. The number of nitrogens with zero attached hydrogens (tertiary/aromatic N) is 2. The van der Waals surface area contributed by atoms with Crippen molar-refractivity contribution in [2.45, 2.75) is 6.42 Å². The average Bonchev–Trinajstić information content (AvgIpc) is 2.84. The Morgan fingerprint density at radius 2 is 1.76 bits per heavy atom. The molecule has 6 nitrogen and oxygen atoms in total. The van der Waals surface area contributed by atoms with Gasteiger partial charge >= 0.3 is 0 Å². The quantitative estimate of drug-likeness (QED) is 0.135. The lowest BCUT2D eigenvalue weighted by molar-refractivity contribution is -0.384. The van der Waals surface area contributed by atoms with Crippen LogP contribution in [0.25, 0.3) is 16.8 Å². The maximum Gasteiger partial charge on any atom is 0.271 e. The van der Waals surface area contributed by atoms with Gasteiger partial charge in [0.1, 0.15) is 11.6 Å². The first kappa shape index (κ1) is 22.9. The van der Waals surface area contributed by atoms with Crippen LogP contribution in [0.15, 0.2) is 95.0 Å².